The van der Waals surface area contributed by atoms with Crippen LogP contribution in [-0.4, -0.2) is 20.5 Å². The van der Waals surface area contributed by atoms with Gasteiger partial charge in [0.25, 0.3) is 0 Å². The smallest absolute Gasteiger partial charge is 0.356 e. The quantitative estimate of drug-likeness (QED) is 0.747. The standard InChI is InChI=1S/C16H13ClN2O3/c1-10-4-2-5-11(8-10)22-9-14-18-15(16(20)21)12-6-3-7-13(17)19(12)14/h2-8H,9H2,1H3,(H,20,21). The Balaban J connectivity index is 1.98. The number of carboxylic acid groups (broad SMARTS) is 1. The molecule has 0 fully saturated rings. The molecular formula is C16H13ClN2O3. The molecule has 1 aromatic carbocycles. The number of rotatable bonds is 4. The normalized spacial score (nSPS) is 10.8. The molecule has 0 saturated heterocycles. The highest BCUT2D eigenvalue weighted by atomic mass is 35.5. The molecule has 0 saturated carbocycles. The number of aromatic carboxylic acids is 1. The van der Waals surface area contributed by atoms with E-state index in [9.17, 15) is 9.90 Å². The molecule has 1 N–H and O–H groups in total. The van der Waals surface area contributed by atoms with Crippen molar-refractivity contribution < 1.29 is 14.6 Å². The summed E-state index contributed by atoms with van der Waals surface area (Å²) in [7, 11) is 0. The van der Waals surface area contributed by atoms with Gasteiger partial charge in [0.1, 0.15) is 17.5 Å². The van der Waals surface area contributed by atoms with Crippen molar-refractivity contribution in [3.8, 4) is 5.75 Å². The number of hydrogen-bond donors (Lipinski definition) is 1. The first-order valence-corrected chi connectivity index (χ1v) is 7.02. The monoisotopic (exact) mass is 316 g/mol. The van der Waals surface area contributed by atoms with Gasteiger partial charge in [0.2, 0.25) is 0 Å². The predicted molar refractivity (Wildman–Crippen MR) is 82.7 cm³/mol. The zero-order valence-corrected chi connectivity index (χ0v) is 12.5. The maximum Gasteiger partial charge on any atom is 0.356 e. The van der Waals surface area contributed by atoms with E-state index in [2.05, 4.69) is 4.98 Å². The Morgan fingerprint density at radius 1 is 1.32 bits per heavy atom. The molecule has 0 amide bonds. The van der Waals surface area contributed by atoms with Crippen LogP contribution in [0.2, 0.25) is 5.15 Å². The van der Waals surface area contributed by atoms with Gasteiger partial charge in [0.05, 0.1) is 5.52 Å². The van der Waals surface area contributed by atoms with Crippen LogP contribution in [0.15, 0.2) is 42.5 Å². The van der Waals surface area contributed by atoms with Crippen LogP contribution in [0.1, 0.15) is 21.9 Å². The molecule has 0 atom stereocenters. The van der Waals surface area contributed by atoms with Crippen LogP contribution in [0.4, 0.5) is 0 Å². The lowest BCUT2D eigenvalue weighted by Gasteiger charge is -2.07. The van der Waals surface area contributed by atoms with Gasteiger partial charge in [-0.05, 0) is 36.8 Å². The fourth-order valence-electron chi connectivity index (χ4n) is 2.27. The van der Waals surface area contributed by atoms with Gasteiger partial charge >= 0.3 is 5.97 Å². The number of ether oxygens (including phenoxy) is 1. The van der Waals surface area contributed by atoms with E-state index in [0.29, 0.717) is 22.2 Å². The van der Waals surface area contributed by atoms with E-state index < -0.39 is 5.97 Å². The van der Waals surface area contributed by atoms with Gasteiger partial charge in [-0.15, -0.1) is 0 Å². The maximum absolute atomic E-state index is 11.3. The summed E-state index contributed by atoms with van der Waals surface area (Å²) >= 11 is 6.16. The minimum atomic E-state index is -1.10. The van der Waals surface area contributed by atoms with E-state index in [0.717, 1.165) is 5.56 Å². The molecule has 3 aromatic rings. The van der Waals surface area contributed by atoms with Crippen molar-refractivity contribution in [1.82, 2.24) is 9.38 Å². The molecule has 0 spiro atoms. The molecule has 6 heteroatoms. The first kappa shape index (κ1) is 14.4. The topological polar surface area (TPSA) is 63.8 Å². The first-order valence-electron chi connectivity index (χ1n) is 6.65. The number of benzene rings is 1. The van der Waals surface area contributed by atoms with E-state index in [-0.39, 0.29) is 12.3 Å². The highest BCUT2D eigenvalue weighted by Crippen LogP contribution is 2.21. The molecule has 0 aliphatic carbocycles. The lowest BCUT2D eigenvalue weighted by molar-refractivity contribution is 0.0693. The lowest BCUT2D eigenvalue weighted by atomic mass is 10.2. The number of halogens is 1. The highest BCUT2D eigenvalue weighted by Gasteiger charge is 2.18. The van der Waals surface area contributed by atoms with E-state index in [1.165, 1.54) is 0 Å². The number of carbonyl (C=O) groups is 1. The van der Waals surface area contributed by atoms with Gasteiger partial charge in [-0.1, -0.05) is 29.8 Å². The summed E-state index contributed by atoms with van der Waals surface area (Å²) in [5, 5.41) is 9.64. The fraction of sp³-hybridized carbons (Fsp3) is 0.125. The third kappa shape index (κ3) is 2.63. The van der Waals surface area contributed by atoms with E-state index in [4.69, 9.17) is 16.3 Å². The second-order valence-electron chi connectivity index (χ2n) is 4.86. The molecule has 22 heavy (non-hydrogen) atoms. The van der Waals surface area contributed by atoms with Gasteiger partial charge in [0.15, 0.2) is 11.5 Å². The number of aromatic nitrogens is 2. The summed E-state index contributed by atoms with van der Waals surface area (Å²) in [4.78, 5) is 15.4. The van der Waals surface area contributed by atoms with Crippen LogP contribution in [0.5, 0.6) is 5.75 Å². The molecule has 112 valence electrons. The number of hydrogen-bond acceptors (Lipinski definition) is 3. The summed E-state index contributed by atoms with van der Waals surface area (Å²) in [6, 6.07) is 12.6. The Morgan fingerprint density at radius 2 is 2.09 bits per heavy atom. The van der Waals surface area contributed by atoms with Crippen LogP contribution in [0, 0.1) is 6.92 Å². The Morgan fingerprint density at radius 3 is 2.82 bits per heavy atom. The number of fused-ring (bicyclic) bond motifs is 1. The van der Waals surface area contributed by atoms with Crippen LogP contribution in [0.25, 0.3) is 5.52 Å². The number of pyridine rings is 1. The average Bonchev–Trinajstić information content (AvgIpc) is 2.86. The molecule has 0 radical (unpaired) electrons. The van der Waals surface area contributed by atoms with Crippen molar-refractivity contribution in [1.29, 1.82) is 0 Å². The van der Waals surface area contributed by atoms with Crippen LogP contribution in [0.3, 0.4) is 0 Å². The number of aryl methyl sites for hydroxylation is 1. The van der Waals surface area contributed by atoms with Gasteiger partial charge in [0, 0.05) is 0 Å². The lowest BCUT2D eigenvalue weighted by Crippen LogP contribution is -2.02. The summed E-state index contributed by atoms with van der Waals surface area (Å²) in [5.74, 6) is 0.0433. The van der Waals surface area contributed by atoms with Gasteiger partial charge in [-0.3, -0.25) is 4.40 Å². The molecule has 2 heterocycles. The average molecular weight is 317 g/mol. The molecule has 0 aliphatic rings. The SMILES string of the molecule is Cc1cccc(OCc2nc(C(=O)O)c3cccc(Cl)n23)c1. The fourth-order valence-corrected chi connectivity index (χ4v) is 2.53. The molecule has 5 nitrogen and oxygen atoms in total. The minimum Gasteiger partial charge on any atom is -0.486 e. The zero-order chi connectivity index (χ0) is 15.7. The molecule has 0 bridgehead atoms. The maximum atomic E-state index is 11.3. The van der Waals surface area contributed by atoms with Crippen molar-refractivity contribution in [2.75, 3.05) is 0 Å². The number of carboxylic acids is 1. The highest BCUT2D eigenvalue weighted by molar-refractivity contribution is 6.29. The van der Waals surface area contributed by atoms with Crippen LogP contribution >= 0.6 is 11.6 Å². The van der Waals surface area contributed by atoms with E-state index >= 15 is 0 Å². The molecule has 3 rings (SSSR count). The van der Waals surface area contributed by atoms with Gasteiger partial charge in [-0.25, -0.2) is 9.78 Å². The second kappa shape index (κ2) is 5.69. The third-order valence-electron chi connectivity index (χ3n) is 3.24. The van der Waals surface area contributed by atoms with Crippen molar-refractivity contribution in [3.05, 3.63) is 64.7 Å². The summed E-state index contributed by atoms with van der Waals surface area (Å²) in [6.45, 7) is 2.10. The van der Waals surface area contributed by atoms with Crippen molar-refractivity contribution in [2.45, 2.75) is 13.5 Å². The summed E-state index contributed by atoms with van der Waals surface area (Å²) in [6.07, 6.45) is 0. The number of nitrogens with zero attached hydrogens (tertiary/aromatic N) is 2. The Labute approximate surface area is 131 Å². The Kier molecular flexibility index (Phi) is 3.73. The Hall–Kier alpha value is -2.53. The summed E-state index contributed by atoms with van der Waals surface area (Å²) in [5.41, 5.74) is 1.49. The van der Waals surface area contributed by atoms with E-state index in [1.54, 1.807) is 22.6 Å². The number of imidazole rings is 1. The van der Waals surface area contributed by atoms with Crippen molar-refractivity contribution in [2.24, 2.45) is 0 Å². The van der Waals surface area contributed by atoms with Crippen LogP contribution in [-0.2, 0) is 6.61 Å². The third-order valence-corrected chi connectivity index (χ3v) is 3.54. The molecule has 2 aromatic heterocycles. The predicted octanol–water partition coefficient (Wildman–Crippen LogP) is 3.57. The summed E-state index contributed by atoms with van der Waals surface area (Å²) < 4.78 is 7.28. The van der Waals surface area contributed by atoms with E-state index in [1.807, 2.05) is 31.2 Å². The molecular weight excluding hydrogens is 304 g/mol. The zero-order valence-electron chi connectivity index (χ0n) is 11.8. The van der Waals surface area contributed by atoms with Gasteiger partial charge < -0.3 is 9.84 Å². The first-order chi connectivity index (χ1) is 10.6. The molecule has 0 unspecified atom stereocenters. The van der Waals surface area contributed by atoms with Crippen molar-refractivity contribution >= 4 is 23.1 Å². The second-order valence-corrected chi connectivity index (χ2v) is 5.24. The van der Waals surface area contributed by atoms with Gasteiger partial charge in [-0.2, -0.15) is 0 Å². The minimum absolute atomic E-state index is 0.0367. The van der Waals surface area contributed by atoms with Crippen molar-refractivity contribution in [3.63, 3.8) is 0 Å². The molecule has 0 aliphatic heterocycles. The van der Waals surface area contributed by atoms with Crippen LogP contribution < -0.4 is 4.74 Å². The largest absolute Gasteiger partial charge is 0.486 e. The Bertz CT molecular complexity index is 858.